The van der Waals surface area contributed by atoms with Crippen LogP contribution >= 0.6 is 0 Å². The van der Waals surface area contributed by atoms with Crippen molar-refractivity contribution in [3.05, 3.63) is 29.6 Å². The number of ether oxygens (including phenoxy) is 1. The molecule has 0 radical (unpaired) electrons. The third-order valence-corrected chi connectivity index (χ3v) is 1.81. The van der Waals surface area contributed by atoms with Gasteiger partial charge in [-0.05, 0) is 24.6 Å². The fourth-order valence-corrected chi connectivity index (χ4v) is 1.02. The van der Waals surface area contributed by atoms with E-state index in [0.29, 0.717) is 6.61 Å². The Kier molecular flexibility index (Phi) is 3.63. The third-order valence-electron chi connectivity index (χ3n) is 1.81. The predicted molar refractivity (Wildman–Crippen MR) is 53.6 cm³/mol. The second-order valence-corrected chi connectivity index (χ2v) is 3.57. The Balaban J connectivity index is 2.50. The predicted octanol–water partition coefficient (Wildman–Crippen LogP) is 2.09. The highest BCUT2D eigenvalue weighted by atomic mass is 16.5. The van der Waals surface area contributed by atoms with Crippen LogP contribution < -0.4 is 0 Å². The third kappa shape index (κ3) is 3.17. The largest absolute Gasteiger partial charge is 0.461 e. The summed E-state index contributed by atoms with van der Waals surface area (Å²) in [5, 5.41) is 0. The summed E-state index contributed by atoms with van der Waals surface area (Å²) in [5.74, 6) is -0.239. The molecule has 0 amide bonds. The van der Waals surface area contributed by atoms with Crippen molar-refractivity contribution in [1.29, 1.82) is 0 Å². The molecule has 0 atom stereocenters. The summed E-state index contributed by atoms with van der Waals surface area (Å²) >= 11 is 0. The number of aromatic nitrogens is 1. The second kappa shape index (κ2) is 4.74. The number of hydrogen-bond acceptors (Lipinski definition) is 3. The van der Waals surface area contributed by atoms with Crippen LogP contribution in [0.5, 0.6) is 0 Å². The van der Waals surface area contributed by atoms with E-state index in [2.05, 4.69) is 4.98 Å². The second-order valence-electron chi connectivity index (χ2n) is 3.57. The molecule has 0 spiro atoms. The summed E-state index contributed by atoms with van der Waals surface area (Å²) in [7, 11) is 0. The van der Waals surface area contributed by atoms with Crippen LogP contribution in [0.1, 0.15) is 25.1 Å². The van der Waals surface area contributed by atoms with E-state index in [1.54, 1.807) is 6.20 Å². The molecule has 0 aliphatic rings. The van der Waals surface area contributed by atoms with Crippen molar-refractivity contribution in [3.8, 4) is 0 Å². The molecule has 0 bridgehead atoms. The van der Waals surface area contributed by atoms with Crippen LogP contribution in [0.3, 0.4) is 0 Å². The molecule has 1 aromatic rings. The molecule has 0 aromatic carbocycles. The minimum Gasteiger partial charge on any atom is -0.461 e. The number of rotatable bonds is 3. The first kappa shape index (κ1) is 10.7. The molecule has 1 rings (SSSR count). The van der Waals surface area contributed by atoms with Crippen molar-refractivity contribution in [2.45, 2.75) is 27.4 Å². The summed E-state index contributed by atoms with van der Waals surface area (Å²) in [4.78, 5) is 15.2. The highest BCUT2D eigenvalue weighted by molar-refractivity contribution is 5.71. The highest BCUT2D eigenvalue weighted by Gasteiger charge is 2.07. The Morgan fingerprint density at radius 2 is 2.29 bits per heavy atom. The van der Waals surface area contributed by atoms with Gasteiger partial charge in [0, 0.05) is 11.9 Å². The summed E-state index contributed by atoms with van der Waals surface area (Å²) in [6.07, 6.45) is 1.72. The number of aryl methyl sites for hydroxylation is 1. The van der Waals surface area contributed by atoms with Crippen LogP contribution in [0.15, 0.2) is 18.3 Å². The van der Waals surface area contributed by atoms with Gasteiger partial charge < -0.3 is 4.74 Å². The van der Waals surface area contributed by atoms with E-state index in [4.69, 9.17) is 4.74 Å². The van der Waals surface area contributed by atoms with Gasteiger partial charge in [0.2, 0.25) is 0 Å². The Bertz CT molecular complexity index is 321. The first-order valence-electron chi connectivity index (χ1n) is 4.68. The van der Waals surface area contributed by atoms with Crippen molar-refractivity contribution in [2.24, 2.45) is 5.92 Å². The number of pyridine rings is 1. The Labute approximate surface area is 84.1 Å². The van der Waals surface area contributed by atoms with E-state index in [1.807, 2.05) is 32.9 Å². The van der Waals surface area contributed by atoms with E-state index < -0.39 is 0 Å². The van der Waals surface area contributed by atoms with Gasteiger partial charge in [-0.2, -0.15) is 0 Å². The molecule has 0 N–H and O–H groups in total. The molecule has 1 heterocycles. The highest BCUT2D eigenvalue weighted by Crippen LogP contribution is 2.05. The summed E-state index contributed by atoms with van der Waals surface area (Å²) < 4.78 is 5.08. The molecule has 14 heavy (non-hydrogen) atoms. The van der Waals surface area contributed by atoms with E-state index in [0.717, 1.165) is 11.3 Å². The minimum absolute atomic E-state index is 0.0714. The maximum atomic E-state index is 11.2. The first-order valence-corrected chi connectivity index (χ1v) is 4.68. The van der Waals surface area contributed by atoms with Crippen LogP contribution in [0, 0.1) is 12.8 Å². The normalized spacial score (nSPS) is 10.3. The van der Waals surface area contributed by atoms with Crippen molar-refractivity contribution >= 4 is 5.97 Å². The van der Waals surface area contributed by atoms with Gasteiger partial charge in [0.15, 0.2) is 0 Å². The standard InChI is InChI=1S/C11H15NO2/c1-8(2)11(13)14-7-10-4-5-12-9(3)6-10/h4-6,8H,7H2,1-3H3. The topological polar surface area (TPSA) is 39.2 Å². The lowest BCUT2D eigenvalue weighted by atomic mass is 10.2. The number of esters is 1. The van der Waals surface area contributed by atoms with Crippen LogP contribution in [0.4, 0.5) is 0 Å². The number of hydrogen-bond donors (Lipinski definition) is 0. The molecule has 3 heteroatoms. The molecule has 1 aromatic heterocycles. The first-order chi connectivity index (χ1) is 6.59. The molecule has 0 aliphatic carbocycles. The average molecular weight is 193 g/mol. The summed E-state index contributed by atoms with van der Waals surface area (Å²) in [6, 6.07) is 3.76. The zero-order valence-electron chi connectivity index (χ0n) is 8.78. The number of carbonyl (C=O) groups is 1. The van der Waals surface area contributed by atoms with Crippen molar-refractivity contribution in [1.82, 2.24) is 4.98 Å². The van der Waals surface area contributed by atoms with Gasteiger partial charge in [-0.3, -0.25) is 9.78 Å². The van der Waals surface area contributed by atoms with Gasteiger partial charge in [-0.15, -0.1) is 0 Å². The van der Waals surface area contributed by atoms with Gasteiger partial charge >= 0.3 is 5.97 Å². The van der Waals surface area contributed by atoms with Crippen molar-refractivity contribution in [3.63, 3.8) is 0 Å². The monoisotopic (exact) mass is 193 g/mol. The zero-order chi connectivity index (χ0) is 10.6. The van der Waals surface area contributed by atoms with E-state index in [9.17, 15) is 4.79 Å². The van der Waals surface area contributed by atoms with E-state index in [1.165, 1.54) is 0 Å². The molecule has 0 unspecified atom stereocenters. The summed E-state index contributed by atoms with van der Waals surface area (Å²) in [6.45, 7) is 5.88. The van der Waals surface area contributed by atoms with Crippen molar-refractivity contribution < 1.29 is 9.53 Å². The molecule has 0 aliphatic heterocycles. The fraction of sp³-hybridized carbons (Fsp3) is 0.455. The number of nitrogens with zero attached hydrogens (tertiary/aromatic N) is 1. The van der Waals surface area contributed by atoms with Crippen LogP contribution in [-0.4, -0.2) is 11.0 Å². The number of carbonyl (C=O) groups excluding carboxylic acids is 1. The lowest BCUT2D eigenvalue weighted by Gasteiger charge is -2.06. The van der Waals surface area contributed by atoms with Gasteiger partial charge in [0.25, 0.3) is 0 Å². The Morgan fingerprint density at radius 1 is 1.57 bits per heavy atom. The minimum atomic E-state index is -0.167. The van der Waals surface area contributed by atoms with Gasteiger partial charge in [-0.25, -0.2) is 0 Å². The molecule has 0 saturated carbocycles. The summed E-state index contributed by atoms with van der Waals surface area (Å²) in [5.41, 5.74) is 1.91. The quantitative estimate of drug-likeness (QED) is 0.690. The Hall–Kier alpha value is -1.38. The average Bonchev–Trinajstić information content (AvgIpc) is 2.14. The van der Waals surface area contributed by atoms with Crippen LogP contribution in [0.2, 0.25) is 0 Å². The molecular weight excluding hydrogens is 178 g/mol. The Morgan fingerprint density at radius 3 is 2.86 bits per heavy atom. The molecule has 0 saturated heterocycles. The smallest absolute Gasteiger partial charge is 0.308 e. The fourth-order valence-electron chi connectivity index (χ4n) is 1.02. The molecule has 0 fully saturated rings. The van der Waals surface area contributed by atoms with Gasteiger partial charge in [0.05, 0.1) is 5.92 Å². The van der Waals surface area contributed by atoms with Crippen molar-refractivity contribution in [2.75, 3.05) is 0 Å². The lowest BCUT2D eigenvalue weighted by Crippen LogP contribution is -2.11. The molecule has 3 nitrogen and oxygen atoms in total. The van der Waals surface area contributed by atoms with Gasteiger partial charge in [0.1, 0.15) is 6.61 Å². The maximum Gasteiger partial charge on any atom is 0.308 e. The van der Waals surface area contributed by atoms with E-state index in [-0.39, 0.29) is 11.9 Å². The van der Waals surface area contributed by atoms with Crippen LogP contribution in [-0.2, 0) is 16.1 Å². The molecule has 76 valence electrons. The zero-order valence-corrected chi connectivity index (χ0v) is 8.78. The molecular formula is C11H15NO2. The van der Waals surface area contributed by atoms with E-state index >= 15 is 0 Å². The van der Waals surface area contributed by atoms with Gasteiger partial charge in [-0.1, -0.05) is 13.8 Å². The van der Waals surface area contributed by atoms with Crippen LogP contribution in [0.25, 0.3) is 0 Å². The maximum absolute atomic E-state index is 11.2. The lowest BCUT2D eigenvalue weighted by molar-refractivity contribution is -0.148. The SMILES string of the molecule is Cc1cc(COC(=O)C(C)C)ccn1.